The fourth-order valence-corrected chi connectivity index (χ4v) is 4.49. The van der Waals surface area contributed by atoms with E-state index in [9.17, 15) is 9.59 Å². The normalized spacial score (nSPS) is 14.6. The van der Waals surface area contributed by atoms with E-state index in [1.54, 1.807) is 36.4 Å². The Balaban J connectivity index is 1.33. The zero-order valence-corrected chi connectivity index (χ0v) is 22.6. The number of hydrogen-bond acceptors (Lipinski definition) is 5. The van der Waals surface area contributed by atoms with Gasteiger partial charge in [-0.1, -0.05) is 52.3 Å². The molecule has 0 aliphatic carbocycles. The van der Waals surface area contributed by atoms with E-state index in [0.717, 1.165) is 35.9 Å². The summed E-state index contributed by atoms with van der Waals surface area (Å²) in [5, 5.41) is 8.68. The van der Waals surface area contributed by atoms with Crippen LogP contribution in [0.1, 0.15) is 39.1 Å². The number of benzene rings is 3. The molecule has 0 bridgehead atoms. The molecule has 0 spiro atoms. The van der Waals surface area contributed by atoms with E-state index in [1.807, 2.05) is 36.4 Å². The monoisotopic (exact) mass is 581 g/mol. The second-order valence-electron chi connectivity index (χ2n) is 8.56. The maximum atomic E-state index is 13.0. The highest BCUT2D eigenvalue weighted by Gasteiger charge is 2.18. The van der Waals surface area contributed by atoms with E-state index >= 15 is 0 Å². The third-order valence-corrected chi connectivity index (χ3v) is 6.50. The average Bonchev–Trinajstić information content (AvgIpc) is 3.42. The highest BCUT2D eigenvalue weighted by atomic mass is 79.9. The Hall–Kier alpha value is -3.27. The Labute approximate surface area is 230 Å². The fraction of sp³-hybridized carbons (Fsp3) is 0.250. The minimum absolute atomic E-state index is 0.0679. The van der Waals surface area contributed by atoms with Crippen molar-refractivity contribution in [1.82, 2.24) is 10.6 Å². The lowest BCUT2D eigenvalue weighted by atomic mass is 10.1. The average molecular weight is 583 g/mol. The second-order valence-corrected chi connectivity index (χ2v) is 9.88. The molecule has 0 saturated carbocycles. The van der Waals surface area contributed by atoms with Gasteiger partial charge in [-0.3, -0.25) is 14.9 Å². The summed E-state index contributed by atoms with van der Waals surface area (Å²) in [6.45, 7) is 1.65. The number of amides is 2. The number of ether oxygens (including phenoxy) is 2. The van der Waals surface area contributed by atoms with Crippen LogP contribution in [0.5, 0.6) is 5.75 Å². The predicted molar refractivity (Wildman–Crippen MR) is 151 cm³/mol. The fourth-order valence-electron chi connectivity index (χ4n) is 3.91. The molecular formula is C28H28BrN3O4S. The number of carbonyl (C=O) groups is 2. The molecule has 4 rings (SSSR count). The highest BCUT2D eigenvalue weighted by Crippen LogP contribution is 2.24. The number of thiocarbonyl (C=S) groups is 1. The summed E-state index contributed by atoms with van der Waals surface area (Å²) >= 11 is 8.78. The number of rotatable bonds is 9. The Bertz CT molecular complexity index is 1250. The summed E-state index contributed by atoms with van der Waals surface area (Å²) in [4.78, 5) is 25.6. The summed E-state index contributed by atoms with van der Waals surface area (Å²) < 4.78 is 12.2. The summed E-state index contributed by atoms with van der Waals surface area (Å²) in [6.07, 6.45) is 2.76. The van der Waals surface area contributed by atoms with Crippen molar-refractivity contribution >= 4 is 50.8 Å². The lowest BCUT2D eigenvalue weighted by Gasteiger charge is -2.14. The quantitative estimate of drug-likeness (QED) is 0.304. The first-order chi connectivity index (χ1) is 18.0. The van der Waals surface area contributed by atoms with Gasteiger partial charge in [0.05, 0.1) is 18.3 Å². The molecule has 7 nitrogen and oxygen atoms in total. The predicted octanol–water partition coefficient (Wildman–Crippen LogP) is 5.11. The first-order valence-corrected chi connectivity index (χ1v) is 13.3. The number of carbonyl (C=O) groups excluding carboxylic acids is 2. The molecule has 1 aliphatic rings. The minimum Gasteiger partial charge on any atom is -0.492 e. The van der Waals surface area contributed by atoms with E-state index in [0.29, 0.717) is 35.7 Å². The molecule has 1 aliphatic heterocycles. The van der Waals surface area contributed by atoms with Crippen molar-refractivity contribution < 1.29 is 19.1 Å². The van der Waals surface area contributed by atoms with Gasteiger partial charge in [-0.05, 0) is 67.0 Å². The zero-order valence-electron chi connectivity index (χ0n) is 20.2. The van der Waals surface area contributed by atoms with Crippen LogP contribution in [0.25, 0.3) is 0 Å². The minimum atomic E-state index is -0.404. The van der Waals surface area contributed by atoms with Crippen molar-refractivity contribution in [3.8, 4) is 5.75 Å². The van der Waals surface area contributed by atoms with Crippen LogP contribution >= 0.6 is 28.1 Å². The van der Waals surface area contributed by atoms with Crippen molar-refractivity contribution in [2.24, 2.45) is 0 Å². The molecule has 1 heterocycles. The maximum Gasteiger partial charge on any atom is 0.261 e. The number of hydrogen-bond donors (Lipinski definition) is 3. The lowest BCUT2D eigenvalue weighted by Crippen LogP contribution is -2.34. The highest BCUT2D eigenvalue weighted by molar-refractivity contribution is 9.10. The molecule has 2 amide bonds. The van der Waals surface area contributed by atoms with Crippen molar-refractivity contribution in [3.63, 3.8) is 0 Å². The van der Waals surface area contributed by atoms with Crippen molar-refractivity contribution in [3.05, 3.63) is 94.0 Å². The molecule has 1 fully saturated rings. The van der Waals surface area contributed by atoms with Crippen molar-refractivity contribution in [2.75, 3.05) is 25.1 Å². The molecule has 1 atom stereocenters. The first kappa shape index (κ1) is 26.8. The molecule has 192 valence electrons. The van der Waals surface area contributed by atoms with Crippen LogP contribution in [-0.2, 0) is 11.2 Å². The topological polar surface area (TPSA) is 88.7 Å². The second kappa shape index (κ2) is 13.3. The van der Waals surface area contributed by atoms with Crippen LogP contribution in [0.15, 0.2) is 77.3 Å². The van der Waals surface area contributed by atoms with Gasteiger partial charge in [-0.2, -0.15) is 0 Å². The zero-order chi connectivity index (χ0) is 26.0. The van der Waals surface area contributed by atoms with Gasteiger partial charge in [-0.15, -0.1) is 0 Å². The van der Waals surface area contributed by atoms with Gasteiger partial charge in [0.15, 0.2) is 5.11 Å². The van der Waals surface area contributed by atoms with Gasteiger partial charge < -0.3 is 20.1 Å². The molecule has 3 aromatic carbocycles. The van der Waals surface area contributed by atoms with Gasteiger partial charge in [0, 0.05) is 35.3 Å². The molecule has 0 aromatic heterocycles. The van der Waals surface area contributed by atoms with Gasteiger partial charge in [0.1, 0.15) is 5.75 Å². The molecule has 1 unspecified atom stereocenters. The molecular weight excluding hydrogens is 554 g/mol. The van der Waals surface area contributed by atoms with Gasteiger partial charge in [0.2, 0.25) is 0 Å². The molecule has 1 saturated heterocycles. The van der Waals surface area contributed by atoms with E-state index in [2.05, 4.69) is 31.9 Å². The van der Waals surface area contributed by atoms with Crippen LogP contribution in [0.2, 0.25) is 0 Å². The number of halogens is 1. The summed E-state index contributed by atoms with van der Waals surface area (Å²) in [6, 6.07) is 22.2. The van der Waals surface area contributed by atoms with E-state index < -0.39 is 5.91 Å². The van der Waals surface area contributed by atoms with Crippen LogP contribution in [-0.4, -0.2) is 42.8 Å². The summed E-state index contributed by atoms with van der Waals surface area (Å²) in [5.74, 6) is -0.135. The van der Waals surface area contributed by atoms with Crippen molar-refractivity contribution in [2.45, 2.75) is 25.4 Å². The van der Waals surface area contributed by atoms with E-state index in [1.165, 1.54) is 0 Å². The van der Waals surface area contributed by atoms with Crippen LogP contribution < -0.4 is 20.7 Å². The molecule has 9 heteroatoms. The maximum absolute atomic E-state index is 13.0. The Morgan fingerprint density at radius 1 is 1.03 bits per heavy atom. The van der Waals surface area contributed by atoms with Crippen LogP contribution in [0, 0.1) is 0 Å². The standard InChI is InChI=1S/C28H28BrN3O4S/c29-21-11-12-25(36-15-13-19-6-2-1-3-7-19)24(17-21)27(34)32-28(37)31-22-9-4-8-20(16-22)26(33)30-18-23-10-5-14-35-23/h1-4,6-9,11-12,16-17,23H,5,10,13-15,18H2,(H,30,33)(H2,31,32,34,37). The summed E-state index contributed by atoms with van der Waals surface area (Å²) in [7, 11) is 0. The smallest absolute Gasteiger partial charge is 0.261 e. The lowest BCUT2D eigenvalue weighted by molar-refractivity contribution is 0.0857. The summed E-state index contributed by atoms with van der Waals surface area (Å²) in [5.41, 5.74) is 2.58. The molecule has 3 N–H and O–H groups in total. The molecule has 0 radical (unpaired) electrons. The largest absolute Gasteiger partial charge is 0.492 e. The van der Waals surface area contributed by atoms with Crippen LogP contribution in [0.3, 0.4) is 0 Å². The van der Waals surface area contributed by atoms with E-state index in [4.69, 9.17) is 21.7 Å². The molecule has 3 aromatic rings. The number of nitrogens with one attached hydrogen (secondary N) is 3. The first-order valence-electron chi connectivity index (χ1n) is 12.1. The third kappa shape index (κ3) is 8.11. The van der Waals surface area contributed by atoms with Gasteiger partial charge >= 0.3 is 0 Å². The SMILES string of the molecule is O=C(NCC1CCCO1)c1cccc(NC(=S)NC(=O)c2cc(Br)ccc2OCCc2ccccc2)c1. The van der Waals surface area contributed by atoms with Gasteiger partial charge in [0.25, 0.3) is 11.8 Å². The number of anilines is 1. The molecule has 37 heavy (non-hydrogen) atoms. The van der Waals surface area contributed by atoms with Crippen LogP contribution in [0.4, 0.5) is 5.69 Å². The van der Waals surface area contributed by atoms with Gasteiger partial charge in [-0.25, -0.2) is 0 Å². The Kier molecular flexibility index (Phi) is 9.65. The van der Waals surface area contributed by atoms with Crippen molar-refractivity contribution in [1.29, 1.82) is 0 Å². The third-order valence-electron chi connectivity index (χ3n) is 5.80. The van der Waals surface area contributed by atoms with E-state index in [-0.39, 0.29) is 17.1 Å². The Morgan fingerprint density at radius 2 is 1.86 bits per heavy atom. The Morgan fingerprint density at radius 3 is 2.65 bits per heavy atom.